The van der Waals surface area contributed by atoms with Crippen LogP contribution in [0.5, 0.6) is 0 Å². The highest BCUT2D eigenvalue weighted by Gasteiger charge is 2.31. The van der Waals surface area contributed by atoms with Gasteiger partial charge in [-0.15, -0.1) is 11.3 Å². The third-order valence-electron chi connectivity index (χ3n) is 6.04. The van der Waals surface area contributed by atoms with Gasteiger partial charge in [0.2, 0.25) is 0 Å². The number of fused-ring (bicyclic) bond motifs is 1. The molecule has 0 bridgehead atoms. The first kappa shape index (κ1) is 22.4. The van der Waals surface area contributed by atoms with Crippen LogP contribution in [0.3, 0.4) is 0 Å². The van der Waals surface area contributed by atoms with Crippen LogP contribution in [0.15, 0.2) is 46.9 Å². The van der Waals surface area contributed by atoms with Gasteiger partial charge in [-0.2, -0.15) is 0 Å². The smallest absolute Gasteiger partial charge is 0.410 e. The van der Waals surface area contributed by atoms with Crippen LogP contribution >= 0.6 is 11.3 Å². The standard InChI is InChI=1S/C25H32N4O2S/c1-25(2,3)31-24(30)29(4)18-8-5-7-16(13-18)20-15-27-21-11-10-17(14-19(20)21)28-23(26)22-9-6-12-32-22/h6,9-12,14-16,18,27H,5,7-8,13H2,1-4H3,(H2,26,28)/t16-,18-/m0/s1. The molecule has 1 aromatic carbocycles. The summed E-state index contributed by atoms with van der Waals surface area (Å²) in [4.78, 5) is 23.4. The summed E-state index contributed by atoms with van der Waals surface area (Å²) in [5.41, 5.74) is 8.94. The lowest BCUT2D eigenvalue weighted by Crippen LogP contribution is -2.42. The van der Waals surface area contributed by atoms with Gasteiger partial charge in [-0.1, -0.05) is 12.5 Å². The Bertz CT molecular complexity index is 1110. The fourth-order valence-electron chi connectivity index (χ4n) is 4.44. The quantitative estimate of drug-likeness (QED) is 0.367. The molecule has 1 aliphatic carbocycles. The molecule has 0 aliphatic heterocycles. The number of hydrogen-bond acceptors (Lipinski definition) is 4. The molecular weight excluding hydrogens is 420 g/mol. The zero-order valence-electron chi connectivity index (χ0n) is 19.2. The summed E-state index contributed by atoms with van der Waals surface area (Å²) < 4.78 is 5.59. The van der Waals surface area contributed by atoms with E-state index in [-0.39, 0.29) is 12.1 Å². The molecule has 0 radical (unpaired) electrons. The Balaban J connectivity index is 1.55. The van der Waals surface area contributed by atoms with Crippen molar-refractivity contribution in [3.05, 3.63) is 52.3 Å². The van der Waals surface area contributed by atoms with Crippen molar-refractivity contribution in [3.63, 3.8) is 0 Å². The van der Waals surface area contributed by atoms with Crippen molar-refractivity contribution >= 4 is 39.9 Å². The van der Waals surface area contributed by atoms with E-state index in [1.54, 1.807) is 16.2 Å². The van der Waals surface area contributed by atoms with Crippen molar-refractivity contribution in [2.24, 2.45) is 10.7 Å². The normalized spacial score (nSPS) is 19.8. The summed E-state index contributed by atoms with van der Waals surface area (Å²) in [6, 6.07) is 10.3. The number of amides is 1. The second-order valence-corrected chi connectivity index (χ2v) is 10.5. The van der Waals surface area contributed by atoms with Gasteiger partial charge in [-0.25, -0.2) is 9.79 Å². The van der Waals surface area contributed by atoms with E-state index < -0.39 is 5.60 Å². The Morgan fingerprint density at radius 3 is 2.81 bits per heavy atom. The Morgan fingerprint density at radius 1 is 1.28 bits per heavy atom. The number of nitrogens with zero attached hydrogens (tertiary/aromatic N) is 2. The van der Waals surface area contributed by atoms with Gasteiger partial charge in [0.25, 0.3) is 0 Å². The van der Waals surface area contributed by atoms with Crippen molar-refractivity contribution in [2.75, 3.05) is 7.05 Å². The molecule has 6 nitrogen and oxygen atoms in total. The van der Waals surface area contributed by atoms with E-state index in [1.807, 2.05) is 51.4 Å². The first-order valence-electron chi connectivity index (χ1n) is 11.2. The second kappa shape index (κ2) is 8.98. The minimum absolute atomic E-state index is 0.171. The topological polar surface area (TPSA) is 83.7 Å². The zero-order chi connectivity index (χ0) is 22.9. The summed E-state index contributed by atoms with van der Waals surface area (Å²) in [5, 5.41) is 3.18. The van der Waals surface area contributed by atoms with E-state index in [2.05, 4.69) is 28.3 Å². The van der Waals surface area contributed by atoms with E-state index >= 15 is 0 Å². The number of H-pyrrole nitrogens is 1. The molecule has 0 saturated heterocycles. The predicted octanol–water partition coefficient (Wildman–Crippen LogP) is 6.16. The highest BCUT2D eigenvalue weighted by molar-refractivity contribution is 7.12. The van der Waals surface area contributed by atoms with Gasteiger partial charge < -0.3 is 20.4 Å². The number of aromatic nitrogens is 1. The molecule has 4 rings (SSSR count). The van der Waals surface area contributed by atoms with Gasteiger partial charge >= 0.3 is 6.09 Å². The second-order valence-electron chi connectivity index (χ2n) is 9.56. The zero-order valence-corrected chi connectivity index (χ0v) is 20.0. The largest absolute Gasteiger partial charge is 0.444 e. The maximum absolute atomic E-state index is 12.6. The number of benzene rings is 1. The first-order valence-corrected chi connectivity index (χ1v) is 12.0. The number of rotatable bonds is 4. The van der Waals surface area contributed by atoms with Crippen LogP contribution in [0.4, 0.5) is 10.5 Å². The van der Waals surface area contributed by atoms with Crippen LogP contribution in [0.2, 0.25) is 0 Å². The average Bonchev–Trinajstić information content (AvgIpc) is 3.42. The van der Waals surface area contributed by atoms with Crippen LogP contribution in [0.1, 0.15) is 62.8 Å². The molecule has 2 heterocycles. The van der Waals surface area contributed by atoms with E-state index in [0.717, 1.165) is 41.8 Å². The van der Waals surface area contributed by atoms with Crippen molar-refractivity contribution in [1.82, 2.24) is 9.88 Å². The molecule has 170 valence electrons. The molecule has 1 aliphatic rings. The van der Waals surface area contributed by atoms with Gasteiger partial charge in [0.15, 0.2) is 0 Å². The molecule has 2 atom stereocenters. The number of amidine groups is 1. The fraction of sp³-hybridized carbons (Fsp3) is 0.440. The lowest BCUT2D eigenvalue weighted by atomic mass is 9.81. The lowest BCUT2D eigenvalue weighted by Gasteiger charge is -2.36. The number of carbonyl (C=O) groups excluding carboxylic acids is 1. The lowest BCUT2D eigenvalue weighted by molar-refractivity contribution is 0.0180. The van der Waals surface area contributed by atoms with Gasteiger partial charge in [0.1, 0.15) is 11.4 Å². The Morgan fingerprint density at radius 2 is 2.09 bits per heavy atom. The molecule has 7 heteroatoms. The summed E-state index contributed by atoms with van der Waals surface area (Å²) in [6.07, 6.45) is 5.98. The Hall–Kier alpha value is -2.80. The van der Waals surface area contributed by atoms with E-state index in [1.165, 1.54) is 10.9 Å². The summed E-state index contributed by atoms with van der Waals surface area (Å²) in [7, 11) is 1.86. The Kier molecular flexibility index (Phi) is 6.29. The molecule has 1 fully saturated rings. The van der Waals surface area contributed by atoms with Crippen molar-refractivity contribution in [2.45, 2.75) is 64.0 Å². The van der Waals surface area contributed by atoms with E-state index in [0.29, 0.717) is 11.8 Å². The maximum Gasteiger partial charge on any atom is 0.410 e. The minimum atomic E-state index is -0.488. The van der Waals surface area contributed by atoms with E-state index in [9.17, 15) is 4.79 Å². The van der Waals surface area contributed by atoms with Gasteiger partial charge in [0.05, 0.1) is 10.6 Å². The number of carbonyl (C=O) groups is 1. The van der Waals surface area contributed by atoms with Gasteiger partial charge in [-0.05, 0) is 81.2 Å². The predicted molar refractivity (Wildman–Crippen MR) is 132 cm³/mol. The monoisotopic (exact) mass is 452 g/mol. The van der Waals surface area contributed by atoms with Gasteiger partial charge in [0, 0.05) is 30.2 Å². The molecule has 3 aromatic rings. The highest BCUT2D eigenvalue weighted by atomic mass is 32.1. The molecule has 2 aromatic heterocycles. The highest BCUT2D eigenvalue weighted by Crippen LogP contribution is 2.39. The molecule has 1 saturated carbocycles. The number of nitrogens with two attached hydrogens (primary N) is 1. The first-order chi connectivity index (χ1) is 15.2. The fourth-order valence-corrected chi connectivity index (χ4v) is 5.06. The molecule has 1 amide bonds. The number of aliphatic imine (C=N–C) groups is 1. The van der Waals surface area contributed by atoms with Crippen molar-refractivity contribution in [1.29, 1.82) is 0 Å². The number of ether oxygens (including phenoxy) is 1. The number of thiophene rings is 1. The third-order valence-corrected chi connectivity index (χ3v) is 6.93. The summed E-state index contributed by atoms with van der Waals surface area (Å²) in [6.45, 7) is 5.71. The Labute approximate surface area is 193 Å². The van der Waals surface area contributed by atoms with Crippen LogP contribution in [-0.4, -0.2) is 40.5 Å². The van der Waals surface area contributed by atoms with E-state index in [4.69, 9.17) is 10.5 Å². The summed E-state index contributed by atoms with van der Waals surface area (Å²) in [5.74, 6) is 0.911. The number of aromatic amines is 1. The third kappa shape index (κ3) is 4.99. The molecule has 32 heavy (non-hydrogen) atoms. The van der Waals surface area contributed by atoms with Crippen molar-refractivity contribution in [3.8, 4) is 0 Å². The number of nitrogens with one attached hydrogen (secondary N) is 1. The maximum atomic E-state index is 12.6. The summed E-state index contributed by atoms with van der Waals surface area (Å²) >= 11 is 1.59. The van der Waals surface area contributed by atoms with Crippen LogP contribution in [-0.2, 0) is 4.74 Å². The van der Waals surface area contributed by atoms with Crippen LogP contribution < -0.4 is 5.73 Å². The molecular formula is C25H32N4O2S. The average molecular weight is 453 g/mol. The van der Waals surface area contributed by atoms with Gasteiger partial charge in [-0.3, -0.25) is 0 Å². The molecule has 0 unspecified atom stereocenters. The molecule has 3 N–H and O–H groups in total. The molecule has 0 spiro atoms. The van der Waals surface area contributed by atoms with Crippen molar-refractivity contribution < 1.29 is 9.53 Å². The minimum Gasteiger partial charge on any atom is -0.444 e. The number of hydrogen-bond donors (Lipinski definition) is 2. The van der Waals surface area contributed by atoms with Crippen LogP contribution in [0, 0.1) is 0 Å². The SMILES string of the molecule is CN(C(=O)OC(C)(C)C)[C@H]1CCC[C@H](c2c[nH]c3ccc(N=C(N)c4cccs4)cc23)C1. The van der Waals surface area contributed by atoms with Crippen LogP contribution in [0.25, 0.3) is 10.9 Å².